The second-order valence-electron chi connectivity index (χ2n) is 7.56. The van der Waals surface area contributed by atoms with Crippen molar-refractivity contribution in [2.45, 2.75) is 50.6 Å². The number of carbonyl (C=O) groups is 2. The monoisotopic (exact) mass is 431 g/mol. The lowest BCUT2D eigenvalue weighted by atomic mass is 9.98. The lowest BCUT2D eigenvalue weighted by Crippen LogP contribution is -2.51. The molecule has 2 amide bonds. The Kier molecular flexibility index (Phi) is 9.15. The minimum absolute atomic E-state index is 0. The summed E-state index contributed by atoms with van der Waals surface area (Å²) >= 11 is 0. The van der Waals surface area contributed by atoms with Gasteiger partial charge in [-0.3, -0.25) is 9.59 Å². The maximum Gasteiger partial charge on any atom is 0.240 e. The molecule has 0 radical (unpaired) electrons. The van der Waals surface area contributed by atoms with E-state index in [0.717, 1.165) is 42.7 Å². The van der Waals surface area contributed by atoms with E-state index in [1.807, 2.05) is 54.6 Å². The highest BCUT2D eigenvalue weighted by atomic mass is 35.5. The highest BCUT2D eigenvalue weighted by molar-refractivity contribution is 5.90. The first-order chi connectivity index (χ1) is 14.0. The Morgan fingerprint density at radius 3 is 2.33 bits per heavy atom. The third-order valence-electron chi connectivity index (χ3n) is 5.20. The van der Waals surface area contributed by atoms with E-state index in [9.17, 15) is 9.59 Å². The molecule has 0 aromatic heterocycles. The van der Waals surface area contributed by atoms with Crippen molar-refractivity contribution in [3.8, 4) is 5.75 Å². The molecule has 7 heteroatoms. The molecule has 0 heterocycles. The normalized spacial score (nSPS) is 14.4. The van der Waals surface area contributed by atoms with E-state index in [2.05, 4.69) is 10.6 Å². The molecular weight excluding hydrogens is 402 g/mol. The van der Waals surface area contributed by atoms with Crippen molar-refractivity contribution in [1.29, 1.82) is 0 Å². The molecule has 162 valence electrons. The van der Waals surface area contributed by atoms with Crippen molar-refractivity contribution >= 4 is 29.9 Å². The summed E-state index contributed by atoms with van der Waals surface area (Å²) in [6.45, 7) is 0.932. The van der Waals surface area contributed by atoms with Crippen LogP contribution in [0.2, 0.25) is 0 Å². The molecule has 3 rings (SSSR count). The maximum absolute atomic E-state index is 12.3. The Hall–Kier alpha value is -2.57. The molecule has 1 saturated carbocycles. The van der Waals surface area contributed by atoms with Gasteiger partial charge < -0.3 is 21.1 Å². The smallest absolute Gasteiger partial charge is 0.240 e. The number of halogens is 1. The third-order valence-corrected chi connectivity index (χ3v) is 5.20. The topological polar surface area (TPSA) is 93.5 Å². The van der Waals surface area contributed by atoms with Crippen LogP contribution in [0, 0.1) is 0 Å². The fraction of sp³-hybridized carbons (Fsp3) is 0.391. The minimum Gasteiger partial charge on any atom is -0.494 e. The number of para-hydroxylation sites is 1. The van der Waals surface area contributed by atoms with Gasteiger partial charge in [-0.25, -0.2) is 0 Å². The molecule has 0 spiro atoms. The highest BCUT2D eigenvalue weighted by Gasteiger charge is 2.36. The van der Waals surface area contributed by atoms with Gasteiger partial charge in [0.2, 0.25) is 11.8 Å². The van der Waals surface area contributed by atoms with Crippen LogP contribution in [0.1, 0.15) is 44.1 Å². The number of amides is 2. The Labute approximate surface area is 184 Å². The number of nitrogens with two attached hydrogens (primary N) is 1. The molecule has 1 aliphatic carbocycles. The Balaban J connectivity index is 0.00000320. The summed E-state index contributed by atoms with van der Waals surface area (Å²) in [5.74, 6) is 0.684. The zero-order valence-corrected chi connectivity index (χ0v) is 17.9. The van der Waals surface area contributed by atoms with Crippen molar-refractivity contribution in [3.63, 3.8) is 0 Å². The fourth-order valence-electron chi connectivity index (χ4n) is 3.46. The van der Waals surface area contributed by atoms with Gasteiger partial charge in [0.1, 0.15) is 5.75 Å². The molecule has 0 aliphatic heterocycles. The second-order valence-corrected chi connectivity index (χ2v) is 7.56. The molecule has 30 heavy (non-hydrogen) atoms. The first-order valence-corrected chi connectivity index (χ1v) is 10.2. The van der Waals surface area contributed by atoms with Crippen molar-refractivity contribution in [3.05, 3.63) is 60.2 Å². The molecule has 1 aliphatic rings. The predicted molar refractivity (Wildman–Crippen MR) is 121 cm³/mol. The summed E-state index contributed by atoms with van der Waals surface area (Å²) in [6, 6.07) is 17.0. The van der Waals surface area contributed by atoms with E-state index in [0.29, 0.717) is 26.0 Å². The number of rotatable bonds is 9. The zero-order valence-electron chi connectivity index (χ0n) is 17.1. The van der Waals surface area contributed by atoms with Gasteiger partial charge in [-0.05, 0) is 49.1 Å². The SMILES string of the molecule is Cl.NC1(C(=O)NCc2ccc(NC(=O)CCCOc3ccccc3)cc2)CCCC1. The van der Waals surface area contributed by atoms with Crippen LogP contribution in [0.25, 0.3) is 0 Å². The molecule has 4 N–H and O–H groups in total. The first-order valence-electron chi connectivity index (χ1n) is 10.2. The standard InChI is InChI=1S/C23H29N3O3.ClH/c24-23(14-4-5-15-23)22(28)25-17-18-10-12-19(13-11-18)26-21(27)9-6-16-29-20-7-2-1-3-8-20;/h1-3,7-8,10-13H,4-6,9,14-17,24H2,(H,25,28)(H,26,27);1H. The zero-order chi connectivity index (χ0) is 20.5. The number of nitrogens with one attached hydrogen (secondary N) is 2. The summed E-state index contributed by atoms with van der Waals surface area (Å²) in [6.07, 6.45) is 4.56. The van der Waals surface area contributed by atoms with Crippen LogP contribution in [-0.4, -0.2) is 24.0 Å². The largest absolute Gasteiger partial charge is 0.494 e. The quantitative estimate of drug-likeness (QED) is 0.526. The van der Waals surface area contributed by atoms with E-state index in [1.54, 1.807) is 0 Å². The Morgan fingerprint density at radius 1 is 1.00 bits per heavy atom. The Morgan fingerprint density at radius 2 is 1.67 bits per heavy atom. The first kappa shape index (κ1) is 23.7. The summed E-state index contributed by atoms with van der Waals surface area (Å²) in [4.78, 5) is 24.3. The lowest BCUT2D eigenvalue weighted by molar-refractivity contribution is -0.126. The van der Waals surface area contributed by atoms with Crippen LogP contribution in [0.15, 0.2) is 54.6 Å². The van der Waals surface area contributed by atoms with Crippen molar-refractivity contribution in [2.75, 3.05) is 11.9 Å². The van der Waals surface area contributed by atoms with Gasteiger partial charge in [0.05, 0.1) is 12.1 Å². The maximum atomic E-state index is 12.3. The molecular formula is C23H30ClN3O3. The molecule has 0 unspecified atom stereocenters. The van der Waals surface area contributed by atoms with Crippen molar-refractivity contribution in [1.82, 2.24) is 5.32 Å². The minimum atomic E-state index is -0.710. The van der Waals surface area contributed by atoms with Gasteiger partial charge in [-0.2, -0.15) is 0 Å². The van der Waals surface area contributed by atoms with E-state index in [4.69, 9.17) is 10.5 Å². The Bertz CT molecular complexity index is 806. The van der Waals surface area contributed by atoms with Gasteiger partial charge >= 0.3 is 0 Å². The number of benzene rings is 2. The third kappa shape index (κ3) is 7.04. The van der Waals surface area contributed by atoms with E-state index in [-0.39, 0.29) is 24.2 Å². The van der Waals surface area contributed by atoms with Crippen molar-refractivity contribution in [2.24, 2.45) is 5.73 Å². The van der Waals surface area contributed by atoms with Crippen LogP contribution in [0.4, 0.5) is 5.69 Å². The number of anilines is 1. The van der Waals surface area contributed by atoms with Crippen LogP contribution < -0.4 is 21.1 Å². The van der Waals surface area contributed by atoms with E-state index < -0.39 is 5.54 Å². The molecule has 0 bridgehead atoms. The van der Waals surface area contributed by atoms with Gasteiger partial charge in [0, 0.05) is 18.7 Å². The molecule has 6 nitrogen and oxygen atoms in total. The predicted octanol–water partition coefficient (Wildman–Crippen LogP) is 3.79. The molecule has 1 fully saturated rings. The molecule has 0 atom stereocenters. The average molecular weight is 432 g/mol. The van der Waals surface area contributed by atoms with Gasteiger partial charge in [0.15, 0.2) is 0 Å². The van der Waals surface area contributed by atoms with Gasteiger partial charge in [-0.15, -0.1) is 12.4 Å². The van der Waals surface area contributed by atoms with Crippen molar-refractivity contribution < 1.29 is 14.3 Å². The molecule has 2 aromatic rings. The average Bonchev–Trinajstić information content (AvgIpc) is 3.19. The van der Waals surface area contributed by atoms with Gasteiger partial charge in [0.25, 0.3) is 0 Å². The van der Waals surface area contributed by atoms with Crippen LogP contribution in [0.3, 0.4) is 0 Å². The summed E-state index contributed by atoms with van der Waals surface area (Å²) < 4.78 is 5.59. The van der Waals surface area contributed by atoms with Crippen LogP contribution in [-0.2, 0) is 16.1 Å². The highest BCUT2D eigenvalue weighted by Crippen LogP contribution is 2.27. The number of carbonyl (C=O) groups excluding carboxylic acids is 2. The summed E-state index contributed by atoms with van der Waals surface area (Å²) in [5.41, 5.74) is 7.15. The van der Waals surface area contributed by atoms with Gasteiger partial charge in [-0.1, -0.05) is 43.2 Å². The molecule has 2 aromatic carbocycles. The van der Waals surface area contributed by atoms with E-state index >= 15 is 0 Å². The fourth-order valence-corrected chi connectivity index (χ4v) is 3.46. The number of hydrogen-bond acceptors (Lipinski definition) is 4. The second kappa shape index (κ2) is 11.6. The van der Waals surface area contributed by atoms with E-state index in [1.165, 1.54) is 0 Å². The summed E-state index contributed by atoms with van der Waals surface area (Å²) in [7, 11) is 0. The number of hydrogen-bond donors (Lipinski definition) is 3. The number of ether oxygens (including phenoxy) is 1. The summed E-state index contributed by atoms with van der Waals surface area (Å²) in [5, 5.41) is 5.81. The van der Waals surface area contributed by atoms with Crippen LogP contribution >= 0.6 is 12.4 Å². The molecule has 0 saturated heterocycles. The lowest BCUT2D eigenvalue weighted by Gasteiger charge is -2.22. The van der Waals surface area contributed by atoms with Crippen LogP contribution in [0.5, 0.6) is 5.75 Å².